The minimum atomic E-state index is 0.124. The number of carbonyl (C=O) groups excluding carboxylic acids is 1. The molecule has 0 bridgehead atoms. The van der Waals surface area contributed by atoms with E-state index >= 15 is 0 Å². The van der Waals surface area contributed by atoms with Gasteiger partial charge in [-0.05, 0) is 47.0 Å². The lowest BCUT2D eigenvalue weighted by atomic mass is 9.73. The summed E-state index contributed by atoms with van der Waals surface area (Å²) in [5.74, 6) is 0.678. The summed E-state index contributed by atoms with van der Waals surface area (Å²) in [4.78, 5) is 13.0. The third kappa shape index (κ3) is 2.62. The molecule has 0 aliphatic heterocycles. The second-order valence-corrected chi connectivity index (χ2v) is 7.61. The zero-order valence-corrected chi connectivity index (χ0v) is 14.3. The van der Waals surface area contributed by atoms with E-state index in [0.29, 0.717) is 12.2 Å². The molecule has 1 fully saturated rings. The minimum absolute atomic E-state index is 0.124. The molecule has 0 spiro atoms. The summed E-state index contributed by atoms with van der Waals surface area (Å²) in [7, 11) is 0. The highest BCUT2D eigenvalue weighted by Gasteiger charge is 2.45. The van der Waals surface area contributed by atoms with Crippen molar-refractivity contribution in [1.82, 2.24) is 0 Å². The summed E-state index contributed by atoms with van der Waals surface area (Å²) in [5.41, 5.74) is 5.22. The van der Waals surface area contributed by atoms with Crippen molar-refractivity contribution in [2.75, 3.05) is 0 Å². The molecule has 1 heteroatoms. The van der Waals surface area contributed by atoms with Crippen molar-refractivity contribution in [3.63, 3.8) is 0 Å². The van der Waals surface area contributed by atoms with E-state index in [2.05, 4.69) is 61.5 Å². The fraction of sp³-hybridized carbons (Fsp3) is 0.348. The summed E-state index contributed by atoms with van der Waals surface area (Å²) >= 11 is 0. The van der Waals surface area contributed by atoms with Crippen LogP contribution in [0.2, 0.25) is 0 Å². The van der Waals surface area contributed by atoms with Crippen molar-refractivity contribution in [3.8, 4) is 0 Å². The number of hydrogen-bond acceptors (Lipinski definition) is 1. The molecule has 122 valence electrons. The van der Waals surface area contributed by atoms with Crippen LogP contribution in [-0.2, 0) is 4.79 Å². The molecule has 0 saturated heterocycles. The van der Waals surface area contributed by atoms with Gasteiger partial charge in [0.25, 0.3) is 0 Å². The second kappa shape index (κ2) is 6.05. The van der Waals surface area contributed by atoms with Gasteiger partial charge in [0.1, 0.15) is 5.78 Å². The van der Waals surface area contributed by atoms with Gasteiger partial charge in [0.15, 0.2) is 0 Å². The first-order valence-corrected chi connectivity index (χ1v) is 9.03. The van der Waals surface area contributed by atoms with Gasteiger partial charge in [-0.3, -0.25) is 4.79 Å². The van der Waals surface area contributed by atoms with E-state index in [-0.39, 0.29) is 11.3 Å². The van der Waals surface area contributed by atoms with Crippen LogP contribution >= 0.6 is 0 Å². The summed E-state index contributed by atoms with van der Waals surface area (Å²) in [6, 6.07) is 21.1. The quantitative estimate of drug-likeness (QED) is 0.687. The molecule has 24 heavy (non-hydrogen) atoms. The van der Waals surface area contributed by atoms with Gasteiger partial charge < -0.3 is 0 Å². The number of benzene rings is 2. The SMILES string of the molecule is C[C@]12CCC[C@H]1C(=O)CC(c1ccccc1)=C(c1ccccc1)C2. The number of fused-ring (bicyclic) bond motifs is 1. The predicted octanol–water partition coefficient (Wildman–Crippen LogP) is 5.77. The van der Waals surface area contributed by atoms with E-state index < -0.39 is 0 Å². The van der Waals surface area contributed by atoms with Gasteiger partial charge in [0.05, 0.1) is 0 Å². The van der Waals surface area contributed by atoms with Crippen LogP contribution in [0.15, 0.2) is 60.7 Å². The van der Waals surface area contributed by atoms with Crippen molar-refractivity contribution in [3.05, 3.63) is 71.8 Å². The Morgan fingerprint density at radius 2 is 1.46 bits per heavy atom. The van der Waals surface area contributed by atoms with Crippen LogP contribution < -0.4 is 0 Å². The van der Waals surface area contributed by atoms with Crippen molar-refractivity contribution in [2.45, 2.75) is 39.0 Å². The zero-order valence-electron chi connectivity index (χ0n) is 14.3. The van der Waals surface area contributed by atoms with Crippen LogP contribution in [0.3, 0.4) is 0 Å². The van der Waals surface area contributed by atoms with Gasteiger partial charge in [-0.25, -0.2) is 0 Å². The molecule has 4 rings (SSSR count). The molecule has 0 heterocycles. The Morgan fingerprint density at radius 3 is 2.08 bits per heavy atom. The lowest BCUT2D eigenvalue weighted by molar-refractivity contribution is -0.124. The lowest BCUT2D eigenvalue weighted by Gasteiger charge is -2.30. The maximum Gasteiger partial charge on any atom is 0.140 e. The van der Waals surface area contributed by atoms with Gasteiger partial charge >= 0.3 is 0 Å². The normalized spacial score (nSPS) is 27.0. The van der Waals surface area contributed by atoms with Crippen LogP contribution in [0.4, 0.5) is 0 Å². The summed E-state index contributed by atoms with van der Waals surface area (Å²) in [6.45, 7) is 2.33. The summed E-state index contributed by atoms with van der Waals surface area (Å²) in [5, 5.41) is 0. The molecular formula is C23H24O. The van der Waals surface area contributed by atoms with Crippen LogP contribution in [0, 0.1) is 11.3 Å². The highest BCUT2D eigenvalue weighted by molar-refractivity contribution is 6.02. The molecule has 2 aliphatic carbocycles. The van der Waals surface area contributed by atoms with Gasteiger partial charge in [0, 0.05) is 12.3 Å². The van der Waals surface area contributed by atoms with Crippen molar-refractivity contribution < 1.29 is 4.79 Å². The topological polar surface area (TPSA) is 17.1 Å². The number of carbonyl (C=O) groups is 1. The number of ketones is 1. The van der Waals surface area contributed by atoms with E-state index in [1.54, 1.807) is 0 Å². The predicted molar refractivity (Wildman–Crippen MR) is 99.4 cm³/mol. The van der Waals surface area contributed by atoms with Crippen LogP contribution in [0.25, 0.3) is 11.1 Å². The van der Waals surface area contributed by atoms with Crippen molar-refractivity contribution in [2.24, 2.45) is 11.3 Å². The molecular weight excluding hydrogens is 292 g/mol. The smallest absolute Gasteiger partial charge is 0.140 e. The lowest BCUT2D eigenvalue weighted by Crippen LogP contribution is -2.27. The molecule has 0 unspecified atom stereocenters. The Balaban J connectivity index is 1.90. The van der Waals surface area contributed by atoms with Crippen LogP contribution in [0.5, 0.6) is 0 Å². The Hall–Kier alpha value is -2.15. The molecule has 0 radical (unpaired) electrons. The highest BCUT2D eigenvalue weighted by Crippen LogP contribution is 2.53. The largest absolute Gasteiger partial charge is 0.299 e. The highest BCUT2D eigenvalue weighted by atomic mass is 16.1. The molecule has 2 aliphatic rings. The molecule has 2 aromatic rings. The first kappa shape index (κ1) is 15.4. The van der Waals surface area contributed by atoms with E-state index in [9.17, 15) is 4.79 Å². The summed E-state index contributed by atoms with van der Waals surface area (Å²) < 4.78 is 0. The first-order chi connectivity index (χ1) is 11.7. The average Bonchev–Trinajstić information content (AvgIpc) is 2.96. The third-order valence-corrected chi connectivity index (χ3v) is 6.01. The van der Waals surface area contributed by atoms with E-state index in [1.165, 1.54) is 35.1 Å². The molecule has 2 aromatic carbocycles. The monoisotopic (exact) mass is 316 g/mol. The minimum Gasteiger partial charge on any atom is -0.299 e. The average molecular weight is 316 g/mol. The second-order valence-electron chi connectivity index (χ2n) is 7.61. The molecule has 1 nitrogen and oxygen atoms in total. The summed E-state index contributed by atoms with van der Waals surface area (Å²) in [6.07, 6.45) is 5.02. The molecule has 2 atom stereocenters. The van der Waals surface area contributed by atoms with Crippen LogP contribution in [-0.4, -0.2) is 5.78 Å². The van der Waals surface area contributed by atoms with E-state index in [1.807, 2.05) is 6.07 Å². The number of rotatable bonds is 2. The standard InChI is InChI=1S/C23H24O/c1-23-14-8-13-21(23)22(24)15-19(17-9-4-2-5-10-17)20(16-23)18-11-6-3-7-12-18/h2-7,9-12,21H,8,13-16H2,1H3/t21-,23+/m0/s1. The maximum absolute atomic E-state index is 13.0. The number of allylic oxidation sites excluding steroid dienone is 2. The molecule has 1 saturated carbocycles. The maximum atomic E-state index is 13.0. The van der Waals surface area contributed by atoms with Gasteiger partial charge in [-0.15, -0.1) is 0 Å². The van der Waals surface area contributed by atoms with Gasteiger partial charge in [-0.2, -0.15) is 0 Å². The zero-order chi connectivity index (χ0) is 16.6. The Morgan fingerprint density at radius 1 is 0.875 bits per heavy atom. The Labute approximate surface area is 144 Å². The third-order valence-electron chi connectivity index (χ3n) is 6.01. The molecule has 0 aromatic heterocycles. The first-order valence-electron chi connectivity index (χ1n) is 9.03. The van der Waals surface area contributed by atoms with E-state index in [0.717, 1.165) is 12.8 Å². The van der Waals surface area contributed by atoms with E-state index in [4.69, 9.17) is 0 Å². The van der Waals surface area contributed by atoms with Crippen molar-refractivity contribution >= 4 is 16.9 Å². The molecule has 0 N–H and O–H groups in total. The fourth-order valence-corrected chi connectivity index (χ4v) is 4.74. The Kier molecular flexibility index (Phi) is 3.88. The number of hydrogen-bond donors (Lipinski definition) is 0. The van der Waals surface area contributed by atoms with Crippen LogP contribution in [0.1, 0.15) is 50.2 Å². The van der Waals surface area contributed by atoms with Crippen molar-refractivity contribution in [1.29, 1.82) is 0 Å². The number of Topliss-reactive ketones (excluding diaryl/α,β-unsaturated/α-hetero) is 1. The van der Waals surface area contributed by atoms with Gasteiger partial charge in [-0.1, -0.05) is 74.0 Å². The fourth-order valence-electron chi connectivity index (χ4n) is 4.74. The van der Waals surface area contributed by atoms with Gasteiger partial charge in [0.2, 0.25) is 0 Å². The molecule has 0 amide bonds. The Bertz CT molecular complexity index is 772.